The Hall–Kier alpha value is -1.55. The van der Waals surface area contributed by atoms with Gasteiger partial charge in [-0.25, -0.2) is 4.79 Å². The molecule has 0 radical (unpaired) electrons. The number of halogens is 1. The Balaban J connectivity index is 2.35. The number of benzene rings is 1. The Kier molecular flexibility index (Phi) is 3.80. The molecule has 1 aromatic rings. The van der Waals surface area contributed by atoms with Crippen molar-refractivity contribution in [2.45, 2.75) is 31.7 Å². The molecule has 1 heterocycles. The molecule has 1 N–H and O–H groups in total. The van der Waals surface area contributed by atoms with E-state index in [1.807, 2.05) is 0 Å². The first-order chi connectivity index (χ1) is 9.01. The van der Waals surface area contributed by atoms with Crippen molar-refractivity contribution in [2.24, 2.45) is 0 Å². The summed E-state index contributed by atoms with van der Waals surface area (Å²) in [6.45, 7) is 2.28. The summed E-state index contributed by atoms with van der Waals surface area (Å²) < 4.78 is 0. The molecule has 1 aromatic carbocycles. The summed E-state index contributed by atoms with van der Waals surface area (Å²) in [5.41, 5.74) is -0.632. The van der Waals surface area contributed by atoms with Crippen LogP contribution < -0.4 is 0 Å². The molecule has 0 bridgehead atoms. The summed E-state index contributed by atoms with van der Waals surface area (Å²) in [6.07, 6.45) is 1.63. The fourth-order valence-electron chi connectivity index (χ4n) is 2.69. The van der Waals surface area contributed by atoms with Gasteiger partial charge in [0, 0.05) is 17.1 Å². The van der Waals surface area contributed by atoms with Gasteiger partial charge in [-0.3, -0.25) is 4.79 Å². The van der Waals surface area contributed by atoms with E-state index in [9.17, 15) is 14.7 Å². The molecule has 0 saturated carbocycles. The van der Waals surface area contributed by atoms with Crippen LogP contribution >= 0.6 is 11.6 Å². The van der Waals surface area contributed by atoms with Crippen molar-refractivity contribution in [1.29, 1.82) is 0 Å². The van der Waals surface area contributed by atoms with Crippen LogP contribution in [0.2, 0.25) is 5.02 Å². The molecule has 0 aliphatic carbocycles. The number of hydrogen-bond donors (Lipinski definition) is 1. The van der Waals surface area contributed by atoms with Crippen LogP contribution in [-0.4, -0.2) is 34.0 Å². The molecule has 4 nitrogen and oxygen atoms in total. The predicted octanol–water partition coefficient (Wildman–Crippen LogP) is 2.81. The monoisotopic (exact) mass is 281 g/mol. The van der Waals surface area contributed by atoms with Crippen molar-refractivity contribution >= 4 is 23.5 Å². The van der Waals surface area contributed by atoms with E-state index in [2.05, 4.69) is 0 Å². The zero-order valence-corrected chi connectivity index (χ0v) is 11.5. The molecule has 0 spiro atoms. The second-order valence-electron chi connectivity index (χ2n) is 4.76. The zero-order chi connectivity index (χ0) is 14.0. The lowest BCUT2D eigenvalue weighted by Gasteiger charge is -2.34. The van der Waals surface area contributed by atoms with Gasteiger partial charge in [0.25, 0.3) is 5.91 Å². The van der Waals surface area contributed by atoms with Gasteiger partial charge < -0.3 is 10.0 Å². The molecule has 2 rings (SSSR count). The highest BCUT2D eigenvalue weighted by molar-refractivity contribution is 6.31. The molecule has 1 fully saturated rings. The number of aliphatic carboxylic acids is 1. The van der Waals surface area contributed by atoms with Gasteiger partial charge in [-0.15, -0.1) is 0 Å². The summed E-state index contributed by atoms with van der Waals surface area (Å²) in [7, 11) is 0. The van der Waals surface area contributed by atoms with Crippen molar-refractivity contribution in [3.8, 4) is 0 Å². The Morgan fingerprint density at radius 2 is 2.21 bits per heavy atom. The first-order valence-corrected chi connectivity index (χ1v) is 6.70. The first kappa shape index (κ1) is 13.9. The molecule has 1 aliphatic heterocycles. The van der Waals surface area contributed by atoms with Crippen LogP contribution in [0.15, 0.2) is 24.3 Å². The smallest absolute Gasteiger partial charge is 0.329 e. The Morgan fingerprint density at radius 3 is 2.79 bits per heavy atom. The summed E-state index contributed by atoms with van der Waals surface area (Å²) in [5.74, 6) is -1.19. The molecule has 1 saturated heterocycles. The lowest BCUT2D eigenvalue weighted by atomic mass is 9.92. The van der Waals surface area contributed by atoms with E-state index in [1.165, 1.54) is 4.90 Å². The van der Waals surface area contributed by atoms with Gasteiger partial charge in [0.2, 0.25) is 0 Å². The normalized spacial score (nSPS) is 22.5. The summed E-state index contributed by atoms with van der Waals surface area (Å²) in [5, 5.41) is 9.94. The van der Waals surface area contributed by atoms with Crippen LogP contribution in [0.1, 0.15) is 36.5 Å². The average Bonchev–Trinajstić information content (AvgIpc) is 2.82. The Labute approximate surface area is 117 Å². The molecule has 1 unspecified atom stereocenters. The minimum absolute atomic E-state index is 0.260. The van der Waals surface area contributed by atoms with Crippen LogP contribution in [-0.2, 0) is 4.79 Å². The van der Waals surface area contributed by atoms with Crippen molar-refractivity contribution in [3.05, 3.63) is 34.9 Å². The molecule has 1 atom stereocenters. The molecular weight excluding hydrogens is 266 g/mol. The van der Waals surface area contributed by atoms with Crippen LogP contribution in [0.3, 0.4) is 0 Å². The van der Waals surface area contributed by atoms with Gasteiger partial charge in [0.15, 0.2) is 0 Å². The lowest BCUT2D eigenvalue weighted by Crippen LogP contribution is -2.52. The topological polar surface area (TPSA) is 57.6 Å². The van der Waals surface area contributed by atoms with Crippen LogP contribution in [0.4, 0.5) is 0 Å². The van der Waals surface area contributed by atoms with Gasteiger partial charge >= 0.3 is 5.97 Å². The van der Waals surface area contributed by atoms with Gasteiger partial charge in [-0.1, -0.05) is 24.6 Å². The SMILES string of the molecule is CCC1(C(=O)O)CCCN1C(=O)c1cccc(Cl)c1. The molecule has 19 heavy (non-hydrogen) atoms. The lowest BCUT2D eigenvalue weighted by molar-refractivity contribution is -0.148. The maximum Gasteiger partial charge on any atom is 0.329 e. The van der Waals surface area contributed by atoms with Gasteiger partial charge in [0.05, 0.1) is 0 Å². The maximum absolute atomic E-state index is 12.5. The fourth-order valence-corrected chi connectivity index (χ4v) is 2.88. The van der Waals surface area contributed by atoms with E-state index < -0.39 is 11.5 Å². The largest absolute Gasteiger partial charge is 0.479 e. The van der Waals surface area contributed by atoms with Gasteiger partial charge in [-0.2, -0.15) is 0 Å². The molecule has 1 aliphatic rings. The van der Waals surface area contributed by atoms with E-state index >= 15 is 0 Å². The second kappa shape index (κ2) is 5.21. The standard InChI is InChI=1S/C14H16ClNO3/c1-2-14(13(18)19)7-4-8-16(14)12(17)10-5-3-6-11(15)9-10/h3,5-6,9H,2,4,7-8H2,1H3,(H,18,19). The number of amides is 1. The van der Waals surface area contributed by atoms with E-state index in [-0.39, 0.29) is 5.91 Å². The van der Waals surface area contributed by atoms with Crippen LogP contribution in [0.5, 0.6) is 0 Å². The highest BCUT2D eigenvalue weighted by atomic mass is 35.5. The number of rotatable bonds is 3. The third-order valence-corrected chi connectivity index (χ3v) is 4.02. The van der Waals surface area contributed by atoms with Crippen LogP contribution in [0.25, 0.3) is 0 Å². The quantitative estimate of drug-likeness (QED) is 0.927. The zero-order valence-electron chi connectivity index (χ0n) is 10.7. The van der Waals surface area contributed by atoms with Gasteiger partial charge in [-0.05, 0) is 37.5 Å². The minimum Gasteiger partial charge on any atom is -0.479 e. The molecule has 102 valence electrons. The number of nitrogens with zero attached hydrogens (tertiary/aromatic N) is 1. The minimum atomic E-state index is -1.07. The highest BCUT2D eigenvalue weighted by Crippen LogP contribution is 2.34. The van der Waals surface area contributed by atoms with E-state index in [0.29, 0.717) is 36.4 Å². The second-order valence-corrected chi connectivity index (χ2v) is 5.20. The molecule has 0 aromatic heterocycles. The number of carbonyl (C=O) groups is 2. The van der Waals surface area contributed by atoms with E-state index in [0.717, 1.165) is 0 Å². The first-order valence-electron chi connectivity index (χ1n) is 6.32. The van der Waals surface area contributed by atoms with Crippen LogP contribution in [0, 0.1) is 0 Å². The molecule has 1 amide bonds. The van der Waals surface area contributed by atoms with E-state index in [1.54, 1.807) is 31.2 Å². The fraction of sp³-hybridized carbons (Fsp3) is 0.429. The maximum atomic E-state index is 12.5. The van der Waals surface area contributed by atoms with Crippen molar-refractivity contribution in [2.75, 3.05) is 6.54 Å². The third kappa shape index (κ3) is 2.32. The van der Waals surface area contributed by atoms with Crippen molar-refractivity contribution < 1.29 is 14.7 Å². The number of likely N-dealkylation sites (tertiary alicyclic amines) is 1. The van der Waals surface area contributed by atoms with E-state index in [4.69, 9.17) is 11.6 Å². The number of carboxylic acid groups (broad SMARTS) is 1. The van der Waals surface area contributed by atoms with Crippen molar-refractivity contribution in [3.63, 3.8) is 0 Å². The number of carboxylic acids is 1. The number of hydrogen-bond acceptors (Lipinski definition) is 2. The molecular formula is C14H16ClNO3. The Morgan fingerprint density at radius 1 is 1.47 bits per heavy atom. The Bertz CT molecular complexity index is 517. The summed E-state index contributed by atoms with van der Waals surface area (Å²) in [4.78, 5) is 25.5. The number of carbonyl (C=O) groups excluding carboxylic acids is 1. The van der Waals surface area contributed by atoms with Crippen molar-refractivity contribution in [1.82, 2.24) is 4.90 Å². The summed E-state index contributed by atoms with van der Waals surface area (Å²) in [6, 6.07) is 6.62. The molecule has 5 heteroatoms. The average molecular weight is 282 g/mol. The summed E-state index contributed by atoms with van der Waals surface area (Å²) >= 11 is 5.88. The van der Waals surface area contributed by atoms with Gasteiger partial charge in [0.1, 0.15) is 5.54 Å². The predicted molar refractivity (Wildman–Crippen MR) is 72.4 cm³/mol. The third-order valence-electron chi connectivity index (χ3n) is 3.79. The highest BCUT2D eigenvalue weighted by Gasteiger charge is 2.48.